The lowest BCUT2D eigenvalue weighted by Gasteiger charge is -2.21. The number of carbonyl (C=O) groups excluding carboxylic acids is 1. The Kier molecular flexibility index (Phi) is 7.16. The number of amides is 1. The fourth-order valence-corrected chi connectivity index (χ4v) is 3.36. The van der Waals surface area contributed by atoms with Crippen molar-refractivity contribution in [3.05, 3.63) is 95.6 Å². The van der Waals surface area contributed by atoms with Crippen LogP contribution in [0, 0.1) is 0 Å². The van der Waals surface area contributed by atoms with E-state index < -0.39 is 11.3 Å². The van der Waals surface area contributed by atoms with Crippen LogP contribution in [0.4, 0.5) is 11.4 Å². The molecule has 3 rings (SSSR count). The number of aryl methyl sites for hydroxylation is 2. The topological polar surface area (TPSA) is 72.5 Å². The highest BCUT2D eigenvalue weighted by molar-refractivity contribution is 7.80. The summed E-state index contributed by atoms with van der Waals surface area (Å²) in [7, 11) is 1.46. The smallest absolute Gasteiger partial charge is 0.228 e. The molecule has 1 amide bonds. The predicted molar refractivity (Wildman–Crippen MR) is 116 cm³/mol. The molecule has 150 valence electrons. The van der Waals surface area contributed by atoms with Crippen LogP contribution >= 0.6 is 0 Å². The van der Waals surface area contributed by atoms with Gasteiger partial charge in [0.05, 0.1) is 6.42 Å². The number of hydrogen-bond acceptors (Lipinski definition) is 3. The minimum Gasteiger partial charge on any atom is -0.755 e. The van der Waals surface area contributed by atoms with Crippen LogP contribution in [0.2, 0.25) is 0 Å². The molecule has 1 unspecified atom stereocenters. The second kappa shape index (κ2) is 10.0. The van der Waals surface area contributed by atoms with Gasteiger partial charge in [-0.3, -0.25) is 9.00 Å². The summed E-state index contributed by atoms with van der Waals surface area (Å²) in [4.78, 5) is 12.4. The highest BCUT2D eigenvalue weighted by atomic mass is 32.2. The van der Waals surface area contributed by atoms with Gasteiger partial charge in [-0.05, 0) is 53.8 Å². The first kappa shape index (κ1) is 20.8. The maximum absolute atomic E-state index is 12.4. The summed E-state index contributed by atoms with van der Waals surface area (Å²) in [6.07, 6.45) is 2.01. The van der Waals surface area contributed by atoms with E-state index in [1.807, 2.05) is 36.4 Å². The number of anilines is 2. The maximum atomic E-state index is 12.4. The van der Waals surface area contributed by atoms with Crippen molar-refractivity contribution in [3.8, 4) is 0 Å². The molecule has 3 aromatic carbocycles. The molecule has 5 nitrogen and oxygen atoms in total. The Morgan fingerprint density at radius 2 is 1.55 bits per heavy atom. The summed E-state index contributed by atoms with van der Waals surface area (Å²) in [5, 5.41) is 2.93. The molecule has 0 saturated carbocycles. The first-order chi connectivity index (χ1) is 14.0. The molecule has 29 heavy (non-hydrogen) atoms. The van der Waals surface area contributed by atoms with Gasteiger partial charge < -0.3 is 14.2 Å². The molecule has 0 saturated heterocycles. The number of benzene rings is 3. The van der Waals surface area contributed by atoms with Crippen LogP contribution in [0.1, 0.15) is 16.7 Å². The first-order valence-electron chi connectivity index (χ1n) is 9.36. The quantitative estimate of drug-likeness (QED) is 0.576. The van der Waals surface area contributed by atoms with Crippen LogP contribution in [-0.4, -0.2) is 21.7 Å². The van der Waals surface area contributed by atoms with Crippen molar-refractivity contribution in [1.82, 2.24) is 0 Å². The monoisotopic (exact) mass is 407 g/mol. The van der Waals surface area contributed by atoms with E-state index in [4.69, 9.17) is 0 Å². The normalized spacial score (nSPS) is 11.7. The highest BCUT2D eigenvalue weighted by Gasteiger charge is 2.08. The summed E-state index contributed by atoms with van der Waals surface area (Å²) >= 11 is -2.35. The number of rotatable bonds is 8. The van der Waals surface area contributed by atoms with Crippen LogP contribution in [0.15, 0.2) is 78.9 Å². The molecule has 0 bridgehead atoms. The average molecular weight is 408 g/mol. The molecule has 0 radical (unpaired) electrons. The van der Waals surface area contributed by atoms with E-state index in [0.717, 1.165) is 34.0 Å². The van der Waals surface area contributed by atoms with Crippen LogP contribution < -0.4 is 9.62 Å². The standard InChI is InChI=1S/C23H24N2O3S/c1-25(29(27)28)22-12-6-10-20(16-22)17-23(26)24-21-11-5-9-19(15-21)14-13-18-7-3-2-4-8-18/h2-12,15-16H,13-14,17H2,1H3,(H,24,26)(H,27,28)/p-1. The summed E-state index contributed by atoms with van der Waals surface area (Å²) in [5.41, 5.74) is 4.47. The van der Waals surface area contributed by atoms with Crippen molar-refractivity contribution in [2.24, 2.45) is 0 Å². The Bertz CT molecular complexity index is 992. The van der Waals surface area contributed by atoms with Gasteiger partial charge >= 0.3 is 0 Å². The zero-order valence-corrected chi connectivity index (χ0v) is 17.0. The van der Waals surface area contributed by atoms with E-state index in [9.17, 15) is 13.6 Å². The van der Waals surface area contributed by atoms with Crippen molar-refractivity contribution in [2.75, 3.05) is 16.7 Å². The van der Waals surface area contributed by atoms with Crippen molar-refractivity contribution in [3.63, 3.8) is 0 Å². The molecule has 0 spiro atoms. The van der Waals surface area contributed by atoms with E-state index in [-0.39, 0.29) is 12.3 Å². The van der Waals surface area contributed by atoms with Crippen LogP contribution in [0.25, 0.3) is 0 Å². The van der Waals surface area contributed by atoms with Gasteiger partial charge in [-0.25, -0.2) is 0 Å². The number of nitrogens with one attached hydrogen (secondary N) is 1. The average Bonchev–Trinajstić information content (AvgIpc) is 2.73. The second-order valence-electron chi connectivity index (χ2n) is 6.80. The number of hydrogen-bond donors (Lipinski definition) is 1. The molecule has 1 atom stereocenters. The Labute approximate surface area is 173 Å². The second-order valence-corrected chi connectivity index (χ2v) is 7.78. The Balaban J connectivity index is 1.59. The van der Waals surface area contributed by atoms with E-state index in [2.05, 4.69) is 23.5 Å². The zero-order valence-electron chi connectivity index (χ0n) is 16.2. The van der Waals surface area contributed by atoms with Crippen molar-refractivity contribution >= 4 is 28.5 Å². The van der Waals surface area contributed by atoms with E-state index in [1.54, 1.807) is 24.3 Å². The highest BCUT2D eigenvalue weighted by Crippen LogP contribution is 2.18. The summed E-state index contributed by atoms with van der Waals surface area (Å²) < 4.78 is 23.3. The van der Waals surface area contributed by atoms with Crippen molar-refractivity contribution < 1.29 is 13.6 Å². The lowest BCUT2D eigenvalue weighted by molar-refractivity contribution is -0.115. The Morgan fingerprint density at radius 1 is 0.897 bits per heavy atom. The predicted octanol–water partition coefficient (Wildman–Crippen LogP) is 3.88. The fraction of sp³-hybridized carbons (Fsp3) is 0.174. The van der Waals surface area contributed by atoms with Gasteiger partial charge in [0.2, 0.25) is 5.91 Å². The SMILES string of the molecule is CN(c1cccc(CC(=O)Nc2cccc(CCc3ccccc3)c2)c1)S(=O)[O-]. The first-order valence-corrected chi connectivity index (χ1v) is 10.4. The molecular formula is C23H23N2O3S-. The third kappa shape index (κ3) is 6.27. The minimum atomic E-state index is -2.35. The molecule has 6 heteroatoms. The third-order valence-electron chi connectivity index (χ3n) is 4.62. The fourth-order valence-electron chi connectivity index (χ4n) is 3.08. The summed E-state index contributed by atoms with van der Waals surface area (Å²) in [6.45, 7) is 0. The largest absolute Gasteiger partial charge is 0.755 e. The molecule has 1 N–H and O–H groups in total. The third-order valence-corrected chi connectivity index (χ3v) is 5.28. The lowest BCUT2D eigenvalue weighted by atomic mass is 10.0. The van der Waals surface area contributed by atoms with E-state index in [1.165, 1.54) is 12.6 Å². The molecule has 0 aromatic heterocycles. The van der Waals surface area contributed by atoms with Gasteiger partial charge in [-0.2, -0.15) is 0 Å². The van der Waals surface area contributed by atoms with E-state index >= 15 is 0 Å². The van der Waals surface area contributed by atoms with Crippen LogP contribution in [0.5, 0.6) is 0 Å². The zero-order chi connectivity index (χ0) is 20.6. The molecular weight excluding hydrogens is 384 g/mol. The maximum Gasteiger partial charge on any atom is 0.228 e. The molecule has 0 aliphatic rings. The molecule has 0 fully saturated rings. The Morgan fingerprint density at radius 3 is 2.31 bits per heavy atom. The summed E-state index contributed by atoms with van der Waals surface area (Å²) in [6, 6.07) is 25.1. The molecule has 3 aromatic rings. The van der Waals surface area contributed by atoms with Crippen LogP contribution in [-0.2, 0) is 35.3 Å². The van der Waals surface area contributed by atoms with Crippen LogP contribution in [0.3, 0.4) is 0 Å². The van der Waals surface area contributed by atoms with Gasteiger partial charge in [0.1, 0.15) is 0 Å². The van der Waals surface area contributed by atoms with Gasteiger partial charge in [-0.15, -0.1) is 0 Å². The minimum absolute atomic E-state index is 0.145. The van der Waals surface area contributed by atoms with Gasteiger partial charge in [0.25, 0.3) is 0 Å². The Hall–Kier alpha value is -2.96. The van der Waals surface area contributed by atoms with E-state index in [0.29, 0.717) is 5.69 Å². The van der Waals surface area contributed by atoms with Gasteiger partial charge in [-0.1, -0.05) is 54.6 Å². The molecule has 0 heterocycles. The van der Waals surface area contributed by atoms with Gasteiger partial charge in [0, 0.05) is 29.7 Å². The molecule has 0 aliphatic heterocycles. The number of carbonyl (C=O) groups is 1. The molecule has 0 aliphatic carbocycles. The number of nitrogens with zero attached hydrogens (tertiary/aromatic N) is 1. The van der Waals surface area contributed by atoms with Crippen molar-refractivity contribution in [2.45, 2.75) is 19.3 Å². The van der Waals surface area contributed by atoms with Crippen molar-refractivity contribution in [1.29, 1.82) is 0 Å². The lowest BCUT2D eigenvalue weighted by Crippen LogP contribution is -2.20. The van der Waals surface area contributed by atoms with Gasteiger partial charge in [0.15, 0.2) is 0 Å². The summed E-state index contributed by atoms with van der Waals surface area (Å²) in [5.74, 6) is -0.145.